The summed E-state index contributed by atoms with van der Waals surface area (Å²) in [7, 11) is 0. The fourth-order valence-corrected chi connectivity index (χ4v) is 2.51. The van der Waals surface area contributed by atoms with Crippen molar-refractivity contribution in [3.8, 4) is 0 Å². The molecular formula is C13H19F2N3O2. The molecule has 0 spiro atoms. The summed E-state index contributed by atoms with van der Waals surface area (Å²) in [5.74, 6) is -0.00134. The molecule has 0 radical (unpaired) electrons. The maximum Gasteiger partial charge on any atom is 0.323 e. The Morgan fingerprint density at radius 1 is 1.55 bits per heavy atom. The summed E-state index contributed by atoms with van der Waals surface area (Å²) >= 11 is 0. The Hall–Kier alpha value is -1.50. The molecule has 1 saturated heterocycles. The molecule has 1 fully saturated rings. The summed E-state index contributed by atoms with van der Waals surface area (Å²) in [4.78, 5) is 17.8. The van der Waals surface area contributed by atoms with E-state index in [0.717, 1.165) is 17.4 Å². The van der Waals surface area contributed by atoms with Crippen molar-refractivity contribution >= 4 is 5.97 Å². The van der Waals surface area contributed by atoms with Crippen LogP contribution in [0.15, 0.2) is 12.4 Å². The third kappa shape index (κ3) is 3.33. The Morgan fingerprint density at radius 2 is 2.35 bits per heavy atom. The predicted octanol–water partition coefficient (Wildman–Crippen LogP) is 2.20. The minimum atomic E-state index is -2.61. The smallest absolute Gasteiger partial charge is 0.323 e. The maximum absolute atomic E-state index is 12.8. The van der Waals surface area contributed by atoms with Gasteiger partial charge in [0.05, 0.1) is 13.2 Å². The molecule has 0 aromatic carbocycles. The first-order chi connectivity index (χ1) is 9.63. The lowest BCUT2D eigenvalue weighted by atomic mass is 10.0. The minimum absolute atomic E-state index is 0.237. The van der Waals surface area contributed by atoms with Crippen molar-refractivity contribution in [2.45, 2.75) is 45.3 Å². The van der Waals surface area contributed by atoms with Gasteiger partial charge in [-0.3, -0.25) is 14.3 Å². The Kier molecular flexibility index (Phi) is 5.05. The molecule has 7 heteroatoms. The van der Waals surface area contributed by atoms with E-state index < -0.39 is 6.55 Å². The maximum atomic E-state index is 12.8. The van der Waals surface area contributed by atoms with Crippen LogP contribution in [0.1, 0.15) is 38.6 Å². The molecule has 0 N–H and O–H groups in total. The fourth-order valence-electron chi connectivity index (χ4n) is 2.51. The zero-order valence-corrected chi connectivity index (χ0v) is 11.5. The highest BCUT2D eigenvalue weighted by Gasteiger charge is 2.30. The van der Waals surface area contributed by atoms with Crippen molar-refractivity contribution in [2.75, 3.05) is 13.2 Å². The second-order valence-electron chi connectivity index (χ2n) is 4.76. The molecule has 1 aromatic rings. The van der Waals surface area contributed by atoms with E-state index in [-0.39, 0.29) is 24.4 Å². The number of ether oxygens (including phenoxy) is 1. The second kappa shape index (κ2) is 6.78. The van der Waals surface area contributed by atoms with Crippen LogP contribution in [0.25, 0.3) is 0 Å². The van der Waals surface area contributed by atoms with Gasteiger partial charge in [0.1, 0.15) is 11.9 Å². The average molecular weight is 287 g/mol. The third-order valence-corrected chi connectivity index (χ3v) is 3.48. The third-order valence-electron chi connectivity index (χ3n) is 3.48. The summed E-state index contributed by atoms with van der Waals surface area (Å²) in [5.41, 5.74) is 0. The van der Waals surface area contributed by atoms with E-state index in [9.17, 15) is 13.6 Å². The number of nitrogens with zero attached hydrogens (tertiary/aromatic N) is 3. The molecule has 1 aromatic heterocycles. The van der Waals surface area contributed by atoms with E-state index in [0.29, 0.717) is 19.6 Å². The molecule has 1 atom stereocenters. The summed E-state index contributed by atoms with van der Waals surface area (Å²) in [6.07, 6.45) is 5.21. The predicted molar refractivity (Wildman–Crippen MR) is 68.2 cm³/mol. The lowest BCUT2D eigenvalue weighted by Gasteiger charge is -2.33. The highest BCUT2D eigenvalue weighted by molar-refractivity contribution is 5.75. The van der Waals surface area contributed by atoms with Crippen LogP contribution in [0.2, 0.25) is 0 Å². The van der Waals surface area contributed by atoms with Gasteiger partial charge in [-0.2, -0.15) is 8.78 Å². The summed E-state index contributed by atoms with van der Waals surface area (Å²) in [6.45, 7) is 0.405. The van der Waals surface area contributed by atoms with Crippen molar-refractivity contribution in [1.82, 2.24) is 14.5 Å². The minimum Gasteiger partial charge on any atom is -0.465 e. The van der Waals surface area contributed by atoms with Crippen molar-refractivity contribution in [3.05, 3.63) is 18.2 Å². The largest absolute Gasteiger partial charge is 0.465 e. The Balaban J connectivity index is 2.08. The van der Waals surface area contributed by atoms with E-state index in [1.165, 1.54) is 12.4 Å². The van der Waals surface area contributed by atoms with Crippen LogP contribution < -0.4 is 0 Å². The number of rotatable bonds is 5. The van der Waals surface area contributed by atoms with E-state index in [4.69, 9.17) is 4.74 Å². The number of carbonyl (C=O) groups is 1. The van der Waals surface area contributed by atoms with Crippen LogP contribution in [0.3, 0.4) is 0 Å². The van der Waals surface area contributed by atoms with Crippen LogP contribution in [0.4, 0.5) is 8.78 Å². The lowest BCUT2D eigenvalue weighted by Crippen LogP contribution is -2.45. The lowest BCUT2D eigenvalue weighted by molar-refractivity contribution is -0.151. The number of imidazole rings is 1. The normalized spacial score (nSPS) is 20.3. The first-order valence-corrected chi connectivity index (χ1v) is 6.84. The molecule has 0 aliphatic carbocycles. The zero-order chi connectivity index (χ0) is 14.5. The Labute approximate surface area is 116 Å². The molecular weight excluding hydrogens is 268 g/mol. The average Bonchev–Trinajstić information content (AvgIpc) is 2.88. The van der Waals surface area contributed by atoms with Crippen molar-refractivity contribution in [3.63, 3.8) is 0 Å². The zero-order valence-electron chi connectivity index (χ0n) is 11.5. The SMILES string of the molecule is CCOC(=O)C1CCCCN1Cc1nccn1C(F)F. The summed E-state index contributed by atoms with van der Waals surface area (Å²) < 4.78 is 31.5. The molecule has 20 heavy (non-hydrogen) atoms. The number of likely N-dealkylation sites (tertiary alicyclic amines) is 1. The molecule has 2 rings (SSSR count). The Bertz CT molecular complexity index is 451. The molecule has 2 heterocycles. The molecule has 1 aliphatic heterocycles. The van der Waals surface area contributed by atoms with Crippen LogP contribution in [-0.4, -0.2) is 39.6 Å². The molecule has 0 bridgehead atoms. The van der Waals surface area contributed by atoms with E-state index >= 15 is 0 Å². The van der Waals surface area contributed by atoms with E-state index in [2.05, 4.69) is 4.98 Å². The van der Waals surface area contributed by atoms with Gasteiger partial charge in [0, 0.05) is 12.4 Å². The second-order valence-corrected chi connectivity index (χ2v) is 4.76. The standard InChI is InChI=1S/C13H19F2N3O2/c1-2-20-12(19)10-5-3-4-7-17(10)9-11-16-6-8-18(11)13(14)15/h6,8,10,13H,2-5,7,9H2,1H3. The number of aromatic nitrogens is 2. The van der Waals surface area contributed by atoms with Crippen LogP contribution in [0, 0.1) is 0 Å². The number of hydrogen-bond acceptors (Lipinski definition) is 4. The number of hydrogen-bond donors (Lipinski definition) is 0. The first-order valence-electron chi connectivity index (χ1n) is 6.84. The van der Waals surface area contributed by atoms with Gasteiger partial charge in [-0.1, -0.05) is 6.42 Å². The topological polar surface area (TPSA) is 47.4 Å². The van der Waals surface area contributed by atoms with Gasteiger partial charge in [-0.25, -0.2) is 4.98 Å². The number of halogens is 2. The van der Waals surface area contributed by atoms with Gasteiger partial charge in [-0.15, -0.1) is 0 Å². The quantitative estimate of drug-likeness (QED) is 0.779. The van der Waals surface area contributed by atoms with Crippen molar-refractivity contribution in [1.29, 1.82) is 0 Å². The fraction of sp³-hybridized carbons (Fsp3) is 0.692. The molecule has 0 saturated carbocycles. The summed E-state index contributed by atoms with van der Waals surface area (Å²) in [6, 6.07) is -0.355. The van der Waals surface area contributed by atoms with Gasteiger partial charge in [-0.05, 0) is 26.3 Å². The highest BCUT2D eigenvalue weighted by Crippen LogP contribution is 2.22. The van der Waals surface area contributed by atoms with E-state index in [1.54, 1.807) is 6.92 Å². The number of piperidine rings is 1. The monoisotopic (exact) mass is 287 g/mol. The van der Waals surface area contributed by atoms with E-state index in [1.807, 2.05) is 4.90 Å². The van der Waals surface area contributed by atoms with Crippen LogP contribution >= 0.6 is 0 Å². The number of esters is 1. The highest BCUT2D eigenvalue weighted by atomic mass is 19.3. The molecule has 112 valence electrons. The molecule has 0 amide bonds. The van der Waals surface area contributed by atoms with Crippen LogP contribution in [-0.2, 0) is 16.1 Å². The molecule has 1 unspecified atom stereocenters. The van der Waals surface area contributed by atoms with Gasteiger partial charge in [0.2, 0.25) is 0 Å². The Morgan fingerprint density at radius 3 is 3.05 bits per heavy atom. The number of carbonyl (C=O) groups excluding carboxylic acids is 1. The van der Waals surface area contributed by atoms with Crippen molar-refractivity contribution < 1.29 is 18.3 Å². The molecule has 1 aliphatic rings. The van der Waals surface area contributed by atoms with Gasteiger partial charge >= 0.3 is 12.5 Å². The first kappa shape index (κ1) is 14.9. The van der Waals surface area contributed by atoms with Gasteiger partial charge in [0.25, 0.3) is 0 Å². The van der Waals surface area contributed by atoms with Crippen LogP contribution in [0.5, 0.6) is 0 Å². The van der Waals surface area contributed by atoms with Crippen molar-refractivity contribution in [2.24, 2.45) is 0 Å². The number of alkyl halides is 2. The van der Waals surface area contributed by atoms with Gasteiger partial charge < -0.3 is 4.74 Å². The van der Waals surface area contributed by atoms with Gasteiger partial charge in [0.15, 0.2) is 0 Å². The summed E-state index contributed by atoms with van der Waals surface area (Å²) in [5, 5.41) is 0. The molecule has 5 nitrogen and oxygen atoms in total.